The maximum atomic E-state index is 12.9. The minimum Gasteiger partial charge on any atom is -0.508 e. The van der Waals surface area contributed by atoms with Crippen molar-refractivity contribution in [2.24, 2.45) is 0 Å². The molecule has 4 nitrogen and oxygen atoms in total. The molecule has 1 N–H and O–H groups in total. The number of halogens is 1. The summed E-state index contributed by atoms with van der Waals surface area (Å²) in [6.45, 7) is 3.32. The van der Waals surface area contributed by atoms with Gasteiger partial charge in [0, 0.05) is 51.8 Å². The maximum absolute atomic E-state index is 12.9. The molecule has 1 fully saturated rings. The predicted molar refractivity (Wildman–Crippen MR) is 108 cm³/mol. The van der Waals surface area contributed by atoms with E-state index in [1.807, 2.05) is 35.7 Å². The molecule has 1 aromatic heterocycles. The first kappa shape index (κ1) is 16.4. The highest BCUT2D eigenvalue weighted by Gasteiger charge is 2.20. The van der Waals surface area contributed by atoms with E-state index in [9.17, 15) is 9.90 Å². The minimum absolute atomic E-state index is 0.105. The minimum atomic E-state index is 0.105. The Balaban J connectivity index is 1.56. The van der Waals surface area contributed by atoms with Crippen LogP contribution >= 0.6 is 27.3 Å². The van der Waals surface area contributed by atoms with Gasteiger partial charge in [0.15, 0.2) is 0 Å². The molecule has 0 atom stereocenters. The van der Waals surface area contributed by atoms with E-state index in [2.05, 4.69) is 25.7 Å². The Morgan fingerprint density at radius 2 is 1.64 bits per heavy atom. The van der Waals surface area contributed by atoms with Crippen LogP contribution in [0.3, 0.4) is 0 Å². The van der Waals surface area contributed by atoms with E-state index in [1.54, 1.807) is 23.5 Å². The van der Waals surface area contributed by atoms with E-state index in [4.69, 9.17) is 0 Å². The number of nitrogens with zero attached hydrogens (tertiary/aromatic N) is 2. The standard InChI is InChI=1S/C19H17BrN2O2S/c20-13-1-6-18-16(11-13)19(24)17(12-25-18)22-9-7-21(8-10-22)14-2-4-15(23)5-3-14/h1-6,11-12,23H,7-10H2. The molecule has 4 rings (SSSR count). The second kappa shape index (κ2) is 6.69. The molecule has 6 heteroatoms. The van der Waals surface area contributed by atoms with Crippen LogP contribution < -0.4 is 15.2 Å². The topological polar surface area (TPSA) is 43.8 Å². The molecule has 0 bridgehead atoms. The number of hydrogen-bond donors (Lipinski definition) is 1. The van der Waals surface area contributed by atoms with Crippen LogP contribution in [0.5, 0.6) is 5.75 Å². The van der Waals surface area contributed by atoms with Gasteiger partial charge in [0.05, 0.1) is 5.69 Å². The molecule has 1 saturated heterocycles. The molecule has 2 heterocycles. The molecule has 0 spiro atoms. The van der Waals surface area contributed by atoms with Crippen LogP contribution in [0.25, 0.3) is 10.1 Å². The first-order valence-electron chi connectivity index (χ1n) is 8.12. The Morgan fingerprint density at radius 3 is 2.36 bits per heavy atom. The largest absolute Gasteiger partial charge is 0.508 e. The Bertz CT molecular complexity index is 963. The molecular formula is C19H17BrN2O2S. The van der Waals surface area contributed by atoms with Crippen molar-refractivity contribution in [1.82, 2.24) is 0 Å². The summed E-state index contributed by atoms with van der Waals surface area (Å²) in [4.78, 5) is 17.3. The van der Waals surface area contributed by atoms with Gasteiger partial charge in [-0.2, -0.15) is 0 Å². The van der Waals surface area contributed by atoms with E-state index in [1.165, 1.54) is 0 Å². The molecule has 3 aromatic rings. The molecule has 0 radical (unpaired) electrons. The molecule has 0 unspecified atom stereocenters. The molecule has 0 amide bonds. The van der Waals surface area contributed by atoms with E-state index in [0.29, 0.717) is 0 Å². The van der Waals surface area contributed by atoms with Crippen molar-refractivity contribution in [3.05, 3.63) is 62.5 Å². The van der Waals surface area contributed by atoms with Crippen molar-refractivity contribution < 1.29 is 5.11 Å². The molecule has 25 heavy (non-hydrogen) atoms. The number of phenolic OH excluding ortho intramolecular Hbond substituents is 1. The summed E-state index contributed by atoms with van der Waals surface area (Å²) in [6, 6.07) is 13.1. The smallest absolute Gasteiger partial charge is 0.211 e. The van der Waals surface area contributed by atoms with Crippen molar-refractivity contribution in [1.29, 1.82) is 0 Å². The predicted octanol–water partition coefficient (Wildman–Crippen LogP) is 4.06. The quantitative estimate of drug-likeness (QED) is 0.683. The van der Waals surface area contributed by atoms with Crippen molar-refractivity contribution in [3.63, 3.8) is 0 Å². The average Bonchev–Trinajstić information content (AvgIpc) is 2.63. The van der Waals surface area contributed by atoms with Gasteiger partial charge in [0.25, 0.3) is 0 Å². The Hall–Kier alpha value is -2.05. The third-order valence-electron chi connectivity index (χ3n) is 4.55. The van der Waals surface area contributed by atoms with Gasteiger partial charge in [-0.3, -0.25) is 4.79 Å². The van der Waals surface area contributed by atoms with Gasteiger partial charge in [0.1, 0.15) is 5.75 Å². The lowest BCUT2D eigenvalue weighted by Crippen LogP contribution is -2.47. The van der Waals surface area contributed by atoms with Gasteiger partial charge in [0.2, 0.25) is 5.43 Å². The highest BCUT2D eigenvalue weighted by atomic mass is 79.9. The zero-order valence-corrected chi connectivity index (χ0v) is 15.9. The van der Waals surface area contributed by atoms with Crippen molar-refractivity contribution >= 4 is 48.7 Å². The van der Waals surface area contributed by atoms with Crippen LogP contribution in [0, 0.1) is 0 Å². The fourth-order valence-corrected chi connectivity index (χ4v) is 4.46. The highest BCUT2D eigenvalue weighted by Crippen LogP contribution is 2.26. The van der Waals surface area contributed by atoms with Crippen LogP contribution in [-0.2, 0) is 0 Å². The number of hydrogen-bond acceptors (Lipinski definition) is 5. The van der Waals surface area contributed by atoms with Gasteiger partial charge in [-0.25, -0.2) is 0 Å². The third kappa shape index (κ3) is 3.24. The Morgan fingerprint density at radius 1 is 0.960 bits per heavy atom. The number of benzene rings is 2. The van der Waals surface area contributed by atoms with Crippen LogP contribution in [0.2, 0.25) is 0 Å². The van der Waals surface area contributed by atoms with Gasteiger partial charge in [-0.05, 0) is 42.5 Å². The van der Waals surface area contributed by atoms with Gasteiger partial charge >= 0.3 is 0 Å². The summed E-state index contributed by atoms with van der Waals surface area (Å²) in [5.41, 5.74) is 2.00. The summed E-state index contributed by atoms with van der Waals surface area (Å²) in [5, 5.41) is 12.2. The second-order valence-corrected chi connectivity index (χ2v) is 7.91. The van der Waals surface area contributed by atoms with E-state index in [0.717, 1.165) is 52.1 Å². The lowest BCUT2D eigenvalue weighted by molar-refractivity contribution is 0.475. The second-order valence-electron chi connectivity index (χ2n) is 6.08. The lowest BCUT2D eigenvalue weighted by Gasteiger charge is -2.37. The van der Waals surface area contributed by atoms with Crippen LogP contribution in [0.15, 0.2) is 57.1 Å². The number of aromatic hydroxyl groups is 1. The van der Waals surface area contributed by atoms with E-state index in [-0.39, 0.29) is 11.2 Å². The first-order chi connectivity index (χ1) is 12.1. The van der Waals surface area contributed by atoms with Crippen LogP contribution in [-0.4, -0.2) is 31.3 Å². The summed E-state index contributed by atoms with van der Waals surface area (Å²) >= 11 is 5.07. The molecule has 0 saturated carbocycles. The van der Waals surface area contributed by atoms with Gasteiger partial charge < -0.3 is 14.9 Å². The van der Waals surface area contributed by atoms with Gasteiger partial charge in [-0.15, -0.1) is 11.3 Å². The third-order valence-corrected chi connectivity index (χ3v) is 6.00. The fraction of sp³-hybridized carbons (Fsp3) is 0.211. The molecule has 0 aliphatic carbocycles. The van der Waals surface area contributed by atoms with Crippen LogP contribution in [0.1, 0.15) is 0 Å². The zero-order chi connectivity index (χ0) is 17.4. The van der Waals surface area contributed by atoms with Crippen molar-refractivity contribution in [3.8, 4) is 5.75 Å². The summed E-state index contributed by atoms with van der Waals surface area (Å²) in [6.07, 6.45) is 0. The van der Waals surface area contributed by atoms with Crippen LogP contribution in [0.4, 0.5) is 11.4 Å². The fourth-order valence-electron chi connectivity index (χ4n) is 3.18. The average molecular weight is 417 g/mol. The monoisotopic (exact) mass is 416 g/mol. The summed E-state index contributed by atoms with van der Waals surface area (Å²) in [7, 11) is 0. The SMILES string of the molecule is O=c1c(N2CCN(c3ccc(O)cc3)CC2)csc2ccc(Br)cc12. The highest BCUT2D eigenvalue weighted by molar-refractivity contribution is 9.10. The van der Waals surface area contributed by atoms with Crippen molar-refractivity contribution in [2.45, 2.75) is 0 Å². The zero-order valence-electron chi connectivity index (χ0n) is 13.5. The summed E-state index contributed by atoms with van der Waals surface area (Å²) < 4.78 is 1.94. The number of fused-ring (bicyclic) bond motifs is 1. The Kier molecular flexibility index (Phi) is 4.39. The molecule has 2 aromatic carbocycles. The molecule has 128 valence electrons. The summed E-state index contributed by atoms with van der Waals surface area (Å²) in [5.74, 6) is 0.280. The number of rotatable bonds is 2. The first-order valence-corrected chi connectivity index (χ1v) is 9.79. The Labute approximate surface area is 158 Å². The lowest BCUT2D eigenvalue weighted by atomic mass is 10.2. The normalized spacial score (nSPS) is 14.9. The molecular weight excluding hydrogens is 400 g/mol. The van der Waals surface area contributed by atoms with Gasteiger partial charge in [-0.1, -0.05) is 15.9 Å². The number of phenols is 1. The number of piperazine rings is 1. The molecule has 1 aliphatic heterocycles. The van der Waals surface area contributed by atoms with E-state index >= 15 is 0 Å². The maximum Gasteiger partial charge on any atom is 0.211 e. The van der Waals surface area contributed by atoms with E-state index < -0.39 is 0 Å². The number of anilines is 2. The van der Waals surface area contributed by atoms with Crippen molar-refractivity contribution in [2.75, 3.05) is 36.0 Å². The molecule has 1 aliphatic rings.